The highest BCUT2D eigenvalue weighted by Gasteiger charge is 2.15. The maximum Gasteiger partial charge on any atom is 0.308 e. The third-order valence-electron chi connectivity index (χ3n) is 3.09. The number of rotatable bonds is 6. The van der Waals surface area contributed by atoms with Crippen molar-refractivity contribution >= 4 is 18.1 Å². The van der Waals surface area contributed by atoms with E-state index in [1.807, 2.05) is 19.9 Å². The Kier molecular flexibility index (Phi) is 5.89. The molecule has 132 valence electrons. The van der Waals surface area contributed by atoms with Gasteiger partial charge in [-0.05, 0) is 32.0 Å². The molecule has 1 aromatic carbocycles. The van der Waals surface area contributed by atoms with Gasteiger partial charge in [0.15, 0.2) is 11.5 Å². The molecule has 2 aromatic rings. The second kappa shape index (κ2) is 8.09. The lowest BCUT2D eigenvalue weighted by Crippen LogP contribution is -2.05. The summed E-state index contributed by atoms with van der Waals surface area (Å²) in [4.78, 5) is 19.7. The number of methoxy groups -OCH3 is 2. The lowest BCUT2D eigenvalue weighted by molar-refractivity contribution is -0.132. The number of benzene rings is 1. The number of anilines is 1. The Hall–Kier alpha value is -3.16. The number of carbonyl (C=O) groups is 1. The number of hydrazone groups is 1. The fourth-order valence-corrected chi connectivity index (χ4v) is 2.16. The topological polar surface area (TPSA) is 94.9 Å². The molecule has 2 rings (SSSR count). The van der Waals surface area contributed by atoms with Crippen molar-refractivity contribution in [2.24, 2.45) is 5.10 Å². The summed E-state index contributed by atoms with van der Waals surface area (Å²) < 4.78 is 15.7. The highest BCUT2D eigenvalue weighted by atomic mass is 16.6. The van der Waals surface area contributed by atoms with Crippen LogP contribution in [0.4, 0.5) is 5.95 Å². The van der Waals surface area contributed by atoms with E-state index in [4.69, 9.17) is 14.2 Å². The first kappa shape index (κ1) is 18.2. The minimum atomic E-state index is -0.466. The van der Waals surface area contributed by atoms with Crippen molar-refractivity contribution in [3.05, 3.63) is 35.2 Å². The Morgan fingerprint density at radius 2 is 1.64 bits per heavy atom. The van der Waals surface area contributed by atoms with Gasteiger partial charge in [-0.3, -0.25) is 4.79 Å². The molecule has 25 heavy (non-hydrogen) atoms. The molecule has 8 heteroatoms. The molecule has 0 atom stereocenters. The summed E-state index contributed by atoms with van der Waals surface area (Å²) in [7, 11) is 2.95. The summed E-state index contributed by atoms with van der Waals surface area (Å²) in [5.41, 5.74) is 5.15. The molecule has 1 N–H and O–H groups in total. The molecule has 0 amide bonds. The van der Waals surface area contributed by atoms with Crippen LogP contribution in [0.25, 0.3) is 0 Å². The molecule has 1 aromatic heterocycles. The summed E-state index contributed by atoms with van der Waals surface area (Å²) in [5, 5.41) is 4.12. The number of hydrogen-bond acceptors (Lipinski definition) is 8. The van der Waals surface area contributed by atoms with Gasteiger partial charge in [-0.15, -0.1) is 0 Å². The minimum absolute atomic E-state index is 0.222. The van der Waals surface area contributed by atoms with Crippen molar-refractivity contribution in [1.82, 2.24) is 9.97 Å². The number of hydrogen-bond donors (Lipinski definition) is 1. The van der Waals surface area contributed by atoms with Gasteiger partial charge in [-0.25, -0.2) is 15.4 Å². The Morgan fingerprint density at radius 3 is 2.12 bits per heavy atom. The lowest BCUT2D eigenvalue weighted by Gasteiger charge is -2.13. The van der Waals surface area contributed by atoms with Crippen LogP contribution in [0.5, 0.6) is 17.2 Å². The SMILES string of the molecule is COc1cc(/C=N/Nc2nc(C)cc(C)n2)cc(OC)c1OC(C)=O. The minimum Gasteiger partial charge on any atom is -0.493 e. The van der Waals surface area contributed by atoms with E-state index in [0.717, 1.165) is 11.4 Å². The van der Waals surface area contributed by atoms with E-state index in [1.54, 1.807) is 18.3 Å². The highest BCUT2D eigenvalue weighted by Crippen LogP contribution is 2.38. The van der Waals surface area contributed by atoms with Crippen LogP contribution in [-0.2, 0) is 4.79 Å². The van der Waals surface area contributed by atoms with Gasteiger partial charge < -0.3 is 14.2 Å². The van der Waals surface area contributed by atoms with Crippen molar-refractivity contribution in [1.29, 1.82) is 0 Å². The van der Waals surface area contributed by atoms with Gasteiger partial charge in [0, 0.05) is 23.9 Å². The summed E-state index contributed by atoms with van der Waals surface area (Å²) in [6.07, 6.45) is 1.56. The number of aryl methyl sites for hydroxylation is 2. The molecule has 0 aliphatic heterocycles. The van der Waals surface area contributed by atoms with Crippen molar-refractivity contribution in [2.75, 3.05) is 19.6 Å². The predicted molar refractivity (Wildman–Crippen MR) is 93.6 cm³/mol. The van der Waals surface area contributed by atoms with Crippen LogP contribution in [0, 0.1) is 13.8 Å². The molecule has 0 saturated carbocycles. The molecule has 0 fully saturated rings. The number of nitrogens with one attached hydrogen (secondary N) is 1. The predicted octanol–water partition coefficient (Wildman–Crippen LogP) is 2.48. The van der Waals surface area contributed by atoms with Crippen LogP contribution in [0.1, 0.15) is 23.9 Å². The van der Waals surface area contributed by atoms with E-state index in [9.17, 15) is 4.79 Å². The largest absolute Gasteiger partial charge is 0.493 e. The fraction of sp³-hybridized carbons (Fsp3) is 0.294. The molecule has 0 saturated heterocycles. The number of esters is 1. The normalized spacial score (nSPS) is 10.6. The van der Waals surface area contributed by atoms with E-state index < -0.39 is 5.97 Å². The van der Waals surface area contributed by atoms with Gasteiger partial charge in [-0.2, -0.15) is 5.10 Å². The maximum absolute atomic E-state index is 11.2. The van der Waals surface area contributed by atoms with E-state index in [1.165, 1.54) is 21.1 Å². The zero-order valence-electron chi connectivity index (χ0n) is 14.8. The Morgan fingerprint density at radius 1 is 1.08 bits per heavy atom. The van der Waals surface area contributed by atoms with E-state index in [-0.39, 0.29) is 5.75 Å². The first-order chi connectivity index (χ1) is 11.9. The second-order valence-corrected chi connectivity index (χ2v) is 5.19. The molecular weight excluding hydrogens is 324 g/mol. The van der Waals surface area contributed by atoms with Crippen LogP contribution in [0.2, 0.25) is 0 Å². The van der Waals surface area contributed by atoms with Gasteiger partial charge in [0.25, 0.3) is 0 Å². The Labute approximate surface area is 145 Å². The maximum atomic E-state index is 11.2. The van der Waals surface area contributed by atoms with E-state index >= 15 is 0 Å². The average molecular weight is 344 g/mol. The average Bonchev–Trinajstić information content (AvgIpc) is 2.54. The number of carbonyl (C=O) groups excluding carboxylic acids is 1. The Bertz CT molecular complexity index is 760. The van der Waals surface area contributed by atoms with Crippen LogP contribution in [-0.4, -0.2) is 36.4 Å². The summed E-state index contributed by atoms with van der Waals surface area (Å²) >= 11 is 0. The van der Waals surface area contributed by atoms with Gasteiger partial charge in [0.2, 0.25) is 11.7 Å². The zero-order valence-corrected chi connectivity index (χ0v) is 14.8. The molecule has 0 spiro atoms. The van der Waals surface area contributed by atoms with Crippen molar-refractivity contribution in [3.63, 3.8) is 0 Å². The summed E-state index contributed by atoms with van der Waals surface area (Å²) in [5.74, 6) is 0.883. The molecule has 8 nitrogen and oxygen atoms in total. The van der Waals surface area contributed by atoms with E-state index in [0.29, 0.717) is 23.0 Å². The van der Waals surface area contributed by atoms with Gasteiger partial charge in [0.1, 0.15) is 0 Å². The van der Waals surface area contributed by atoms with Crippen molar-refractivity contribution in [3.8, 4) is 17.2 Å². The van der Waals surface area contributed by atoms with Gasteiger partial charge >= 0.3 is 5.97 Å². The third kappa shape index (κ3) is 4.90. The molecule has 0 aliphatic rings. The van der Waals surface area contributed by atoms with E-state index in [2.05, 4.69) is 20.5 Å². The zero-order chi connectivity index (χ0) is 18.4. The van der Waals surface area contributed by atoms with Gasteiger partial charge in [0.05, 0.1) is 20.4 Å². The fourth-order valence-electron chi connectivity index (χ4n) is 2.16. The standard InChI is InChI=1S/C17H20N4O4/c1-10-6-11(2)20-17(19-10)21-18-9-13-7-14(23-4)16(25-12(3)22)15(8-13)24-5/h6-9H,1-5H3,(H,19,20,21)/b18-9+. The second-order valence-electron chi connectivity index (χ2n) is 5.19. The monoisotopic (exact) mass is 344 g/mol. The van der Waals surface area contributed by atoms with Crippen LogP contribution < -0.4 is 19.6 Å². The third-order valence-corrected chi connectivity index (χ3v) is 3.09. The lowest BCUT2D eigenvalue weighted by atomic mass is 10.2. The van der Waals surface area contributed by atoms with Crippen LogP contribution in [0.15, 0.2) is 23.3 Å². The summed E-state index contributed by atoms with van der Waals surface area (Å²) in [6, 6.07) is 5.22. The Balaban J connectivity index is 2.25. The quantitative estimate of drug-likeness (QED) is 0.372. The van der Waals surface area contributed by atoms with Crippen LogP contribution >= 0.6 is 0 Å². The van der Waals surface area contributed by atoms with Crippen molar-refractivity contribution in [2.45, 2.75) is 20.8 Å². The number of nitrogens with zero attached hydrogens (tertiary/aromatic N) is 3. The molecule has 0 radical (unpaired) electrons. The van der Waals surface area contributed by atoms with Crippen LogP contribution in [0.3, 0.4) is 0 Å². The highest BCUT2D eigenvalue weighted by molar-refractivity contribution is 5.83. The van der Waals surface area contributed by atoms with Crippen molar-refractivity contribution < 1.29 is 19.0 Å². The molecule has 0 unspecified atom stereocenters. The smallest absolute Gasteiger partial charge is 0.308 e. The number of aromatic nitrogens is 2. The van der Waals surface area contributed by atoms with Gasteiger partial charge in [-0.1, -0.05) is 0 Å². The first-order valence-corrected chi connectivity index (χ1v) is 7.48. The molecule has 1 heterocycles. The molecule has 0 aliphatic carbocycles. The summed E-state index contributed by atoms with van der Waals surface area (Å²) in [6.45, 7) is 5.07. The number of ether oxygens (including phenoxy) is 3. The first-order valence-electron chi connectivity index (χ1n) is 7.48. The molecular formula is C17H20N4O4. The molecule has 0 bridgehead atoms.